The van der Waals surface area contributed by atoms with E-state index in [0.717, 1.165) is 17.0 Å². The van der Waals surface area contributed by atoms with Crippen molar-refractivity contribution >= 4 is 39.1 Å². The van der Waals surface area contributed by atoms with Gasteiger partial charge in [0.25, 0.3) is 0 Å². The Hall–Kier alpha value is -7.17. The van der Waals surface area contributed by atoms with Crippen molar-refractivity contribution in [1.29, 1.82) is 0 Å². The van der Waals surface area contributed by atoms with Crippen LogP contribution >= 0.6 is 0 Å². The lowest BCUT2D eigenvalue weighted by Crippen LogP contribution is -2.28. The SMILES string of the molecule is C1=NCc2c1c1cc[nH]c1n2-c1ccc(-c2ccc(-n3c4ccccc4c4cc5c(cc43)-c3ccccc3C5(c3ccccc3)c3ccccc3)cc2)cc1. The van der Waals surface area contributed by atoms with E-state index in [0.29, 0.717) is 6.54 Å². The quantitative estimate of drug-likeness (QED) is 0.185. The molecule has 0 fully saturated rings. The predicted molar refractivity (Wildman–Crippen MR) is 226 cm³/mol. The standard InChI is InChI=1S/C51H34N4/c1-3-11-35(12-4-1)51(36-13-5-2-6-14-36)45-17-9-7-15-39(45)42-30-48-43(29-46(42)51)40-16-8-10-18-47(40)54(48)37-23-19-33(20-24-37)34-21-25-38(26-22-34)55-49-32-52-31-44(49)41-27-28-53-50(41)55/h1-31,53H,32H2. The Morgan fingerprint density at radius 3 is 1.85 bits per heavy atom. The van der Waals surface area contributed by atoms with Crippen LogP contribution in [0.15, 0.2) is 187 Å². The first-order valence-electron chi connectivity index (χ1n) is 19.0. The number of nitrogens with zero attached hydrogens (tertiary/aromatic N) is 3. The maximum atomic E-state index is 4.56. The molecule has 4 heteroatoms. The number of fused-ring (bicyclic) bond motifs is 9. The molecule has 4 nitrogen and oxygen atoms in total. The van der Waals surface area contributed by atoms with Gasteiger partial charge in [-0.25, -0.2) is 0 Å². The molecule has 3 aromatic heterocycles. The molecular weight excluding hydrogens is 669 g/mol. The fourth-order valence-electron chi connectivity index (χ4n) is 9.77. The van der Waals surface area contributed by atoms with Crippen LogP contribution in [0.2, 0.25) is 0 Å². The molecule has 0 amide bonds. The van der Waals surface area contributed by atoms with Crippen LogP contribution in [0, 0.1) is 0 Å². The lowest BCUT2D eigenvalue weighted by Gasteiger charge is -2.33. The second kappa shape index (κ2) is 11.4. The van der Waals surface area contributed by atoms with Gasteiger partial charge in [0.2, 0.25) is 0 Å². The monoisotopic (exact) mass is 702 g/mol. The number of aromatic nitrogens is 3. The number of hydrogen-bond acceptors (Lipinski definition) is 1. The lowest BCUT2D eigenvalue weighted by molar-refractivity contribution is 0.769. The number of benzene rings is 7. The molecule has 0 saturated heterocycles. The second-order valence-electron chi connectivity index (χ2n) is 14.8. The van der Waals surface area contributed by atoms with Crippen molar-refractivity contribution in [3.63, 3.8) is 0 Å². The molecule has 7 aromatic carbocycles. The number of aliphatic imine (C=N–C) groups is 1. The molecule has 10 aromatic rings. The van der Waals surface area contributed by atoms with Crippen LogP contribution in [0.25, 0.3) is 66.5 Å². The molecular formula is C51H34N4. The number of hydrogen-bond donors (Lipinski definition) is 1. The third-order valence-corrected chi connectivity index (χ3v) is 12.1. The van der Waals surface area contributed by atoms with Gasteiger partial charge in [-0.15, -0.1) is 0 Å². The third-order valence-electron chi connectivity index (χ3n) is 12.1. The summed E-state index contributed by atoms with van der Waals surface area (Å²) < 4.78 is 4.76. The van der Waals surface area contributed by atoms with Crippen LogP contribution in [0.1, 0.15) is 33.5 Å². The van der Waals surface area contributed by atoms with E-state index in [4.69, 9.17) is 0 Å². The number of rotatable bonds is 5. The van der Waals surface area contributed by atoms with Crippen molar-refractivity contribution < 1.29 is 0 Å². The molecule has 0 bridgehead atoms. The Morgan fingerprint density at radius 2 is 1.13 bits per heavy atom. The van der Waals surface area contributed by atoms with Crippen LogP contribution in [0.3, 0.4) is 0 Å². The molecule has 1 aliphatic heterocycles. The minimum Gasteiger partial charge on any atom is -0.347 e. The van der Waals surface area contributed by atoms with E-state index in [1.807, 2.05) is 12.4 Å². The Bertz CT molecular complexity index is 3100. The third kappa shape index (κ3) is 4.14. The number of nitrogens with one attached hydrogen (secondary N) is 1. The summed E-state index contributed by atoms with van der Waals surface area (Å²) in [4.78, 5) is 8.00. The Labute approximate surface area is 318 Å². The lowest BCUT2D eigenvalue weighted by atomic mass is 9.67. The van der Waals surface area contributed by atoms with Crippen molar-refractivity contribution in [2.24, 2.45) is 4.99 Å². The van der Waals surface area contributed by atoms with E-state index in [1.54, 1.807) is 0 Å². The Balaban J connectivity index is 1.01. The van der Waals surface area contributed by atoms with Gasteiger partial charge in [-0.3, -0.25) is 9.56 Å². The van der Waals surface area contributed by atoms with Gasteiger partial charge in [0, 0.05) is 45.5 Å². The molecule has 0 radical (unpaired) electrons. The molecule has 2 aliphatic rings. The normalized spacial score (nSPS) is 13.8. The van der Waals surface area contributed by atoms with E-state index >= 15 is 0 Å². The Morgan fingerprint density at radius 1 is 0.491 bits per heavy atom. The molecule has 0 atom stereocenters. The molecule has 258 valence electrons. The molecule has 0 saturated carbocycles. The van der Waals surface area contributed by atoms with Gasteiger partial charge in [0.1, 0.15) is 5.65 Å². The molecule has 0 spiro atoms. The fourth-order valence-corrected chi connectivity index (χ4v) is 9.77. The van der Waals surface area contributed by atoms with Crippen molar-refractivity contribution in [1.82, 2.24) is 14.1 Å². The maximum Gasteiger partial charge on any atom is 0.123 e. The van der Waals surface area contributed by atoms with Crippen molar-refractivity contribution in [3.05, 3.63) is 216 Å². The highest BCUT2D eigenvalue weighted by molar-refractivity contribution is 6.12. The van der Waals surface area contributed by atoms with Gasteiger partial charge in [-0.1, -0.05) is 127 Å². The zero-order valence-electron chi connectivity index (χ0n) is 29.9. The summed E-state index contributed by atoms with van der Waals surface area (Å²) in [6.45, 7) is 0.708. The summed E-state index contributed by atoms with van der Waals surface area (Å²) in [5.74, 6) is 0. The largest absolute Gasteiger partial charge is 0.347 e. The van der Waals surface area contributed by atoms with Crippen molar-refractivity contribution in [2.45, 2.75) is 12.0 Å². The van der Waals surface area contributed by atoms with Crippen LogP contribution < -0.4 is 0 Å². The minimum absolute atomic E-state index is 0.439. The van der Waals surface area contributed by atoms with E-state index in [9.17, 15) is 0 Å². The first kappa shape index (κ1) is 30.3. The number of H-pyrrole nitrogens is 1. The minimum atomic E-state index is -0.439. The number of para-hydroxylation sites is 1. The van der Waals surface area contributed by atoms with Gasteiger partial charge in [-0.05, 0) is 93.0 Å². The highest BCUT2D eigenvalue weighted by atomic mass is 15.1. The fraction of sp³-hybridized carbons (Fsp3) is 0.0392. The summed E-state index contributed by atoms with van der Waals surface area (Å²) in [7, 11) is 0. The number of aromatic amines is 1. The van der Waals surface area contributed by atoms with Crippen molar-refractivity contribution in [2.75, 3.05) is 0 Å². The smallest absolute Gasteiger partial charge is 0.123 e. The zero-order chi connectivity index (χ0) is 36.1. The summed E-state index contributed by atoms with van der Waals surface area (Å²) in [6.07, 6.45) is 4.01. The van der Waals surface area contributed by atoms with Crippen molar-refractivity contribution in [3.8, 4) is 33.6 Å². The molecule has 12 rings (SSSR count). The molecule has 1 N–H and O–H groups in total. The summed E-state index contributed by atoms with van der Waals surface area (Å²) in [6, 6.07) is 65.0. The highest BCUT2D eigenvalue weighted by Crippen LogP contribution is 2.57. The maximum absolute atomic E-state index is 4.56. The summed E-state index contributed by atoms with van der Waals surface area (Å²) in [5, 5.41) is 3.74. The first-order chi connectivity index (χ1) is 27.3. The Kier molecular flexibility index (Phi) is 6.29. The molecule has 55 heavy (non-hydrogen) atoms. The average Bonchev–Trinajstić information content (AvgIpc) is 4.08. The van der Waals surface area contributed by atoms with Crippen LogP contribution in [-0.4, -0.2) is 20.3 Å². The summed E-state index contributed by atoms with van der Waals surface area (Å²) in [5.41, 5.74) is 18.0. The van der Waals surface area contributed by atoms with Gasteiger partial charge in [-0.2, -0.15) is 0 Å². The second-order valence-corrected chi connectivity index (χ2v) is 14.8. The van der Waals surface area contributed by atoms with Crippen LogP contribution in [0.4, 0.5) is 0 Å². The molecule has 4 heterocycles. The predicted octanol–water partition coefficient (Wildman–Crippen LogP) is 12.0. The van der Waals surface area contributed by atoms with Gasteiger partial charge in [0.15, 0.2) is 0 Å². The average molecular weight is 703 g/mol. The summed E-state index contributed by atoms with van der Waals surface area (Å²) >= 11 is 0. The van der Waals surface area contributed by atoms with Gasteiger partial charge >= 0.3 is 0 Å². The highest BCUT2D eigenvalue weighted by Gasteiger charge is 2.46. The van der Waals surface area contributed by atoms with E-state index in [1.165, 1.54) is 83.0 Å². The van der Waals surface area contributed by atoms with Crippen LogP contribution in [-0.2, 0) is 12.0 Å². The first-order valence-corrected chi connectivity index (χ1v) is 19.0. The van der Waals surface area contributed by atoms with Gasteiger partial charge in [0.05, 0.1) is 28.7 Å². The van der Waals surface area contributed by atoms with Gasteiger partial charge < -0.3 is 9.55 Å². The topological polar surface area (TPSA) is 38.0 Å². The molecule has 0 unspecified atom stereocenters. The molecule has 1 aliphatic carbocycles. The van der Waals surface area contributed by atoms with Crippen LogP contribution in [0.5, 0.6) is 0 Å². The van der Waals surface area contributed by atoms with E-state index in [2.05, 4.69) is 195 Å². The zero-order valence-corrected chi connectivity index (χ0v) is 29.9. The van der Waals surface area contributed by atoms with E-state index in [-0.39, 0.29) is 0 Å². The van der Waals surface area contributed by atoms with E-state index < -0.39 is 5.41 Å².